The highest BCUT2D eigenvalue weighted by Crippen LogP contribution is 2.17. The Balaban J connectivity index is 1.92. The Morgan fingerprint density at radius 2 is 1.71 bits per heavy atom. The summed E-state index contributed by atoms with van der Waals surface area (Å²) in [5.74, 6) is 0.323. The summed E-state index contributed by atoms with van der Waals surface area (Å²) in [6.07, 6.45) is 0. The van der Waals surface area contributed by atoms with Crippen LogP contribution in [-0.2, 0) is 7.05 Å². The number of hydrogen-bond acceptors (Lipinski definition) is 4. The third-order valence-electron chi connectivity index (χ3n) is 3.80. The van der Waals surface area contributed by atoms with Crippen LogP contribution in [0.1, 0.15) is 33.0 Å². The Labute approximate surface area is 140 Å². The molecule has 124 valence electrons. The summed E-state index contributed by atoms with van der Waals surface area (Å²) in [4.78, 5) is 12.5. The largest absolute Gasteiger partial charge is 0.305 e. The van der Waals surface area contributed by atoms with Gasteiger partial charge in [-0.3, -0.25) is 9.48 Å². The average Bonchev–Trinajstić information content (AvgIpc) is 3.00. The molecule has 0 aliphatic carbocycles. The fraction of sp³-hybridized carbons (Fsp3) is 0.294. The molecule has 0 aliphatic heterocycles. The Hall–Kier alpha value is -2.96. The van der Waals surface area contributed by atoms with Gasteiger partial charge in [-0.15, -0.1) is 5.10 Å². The van der Waals surface area contributed by atoms with Crippen molar-refractivity contribution in [2.75, 3.05) is 5.32 Å². The fourth-order valence-electron chi connectivity index (χ4n) is 2.76. The first-order chi connectivity index (χ1) is 11.3. The second-order valence-corrected chi connectivity index (χ2v) is 6.03. The van der Waals surface area contributed by atoms with Crippen molar-refractivity contribution in [3.05, 3.63) is 52.5 Å². The Morgan fingerprint density at radius 3 is 2.29 bits per heavy atom. The van der Waals surface area contributed by atoms with Crippen LogP contribution in [0.25, 0.3) is 5.69 Å². The molecule has 0 saturated heterocycles. The van der Waals surface area contributed by atoms with E-state index in [-0.39, 0.29) is 5.91 Å². The van der Waals surface area contributed by atoms with Crippen molar-refractivity contribution in [3.63, 3.8) is 0 Å². The highest BCUT2D eigenvalue weighted by molar-refractivity contribution is 6.03. The van der Waals surface area contributed by atoms with Crippen LogP contribution in [-0.4, -0.2) is 30.7 Å². The summed E-state index contributed by atoms with van der Waals surface area (Å²) in [6.45, 7) is 7.76. The number of nitrogens with one attached hydrogen (secondary N) is 1. The van der Waals surface area contributed by atoms with E-state index in [1.807, 2.05) is 45.9 Å². The van der Waals surface area contributed by atoms with Crippen LogP contribution in [0, 0.1) is 27.7 Å². The van der Waals surface area contributed by atoms with Gasteiger partial charge in [-0.1, -0.05) is 11.3 Å². The highest BCUT2D eigenvalue weighted by atomic mass is 16.2. The van der Waals surface area contributed by atoms with Gasteiger partial charge in [0.15, 0.2) is 5.69 Å². The first-order valence-electron chi connectivity index (χ1n) is 7.68. The molecule has 2 aromatic heterocycles. The van der Waals surface area contributed by atoms with E-state index >= 15 is 0 Å². The number of hydrogen-bond donors (Lipinski definition) is 1. The predicted molar refractivity (Wildman–Crippen MR) is 91.5 cm³/mol. The molecule has 0 fully saturated rings. The molecule has 7 nitrogen and oxygen atoms in total. The lowest BCUT2D eigenvalue weighted by molar-refractivity contribution is 0.102. The Morgan fingerprint density at radius 1 is 1.04 bits per heavy atom. The number of rotatable bonds is 3. The molecule has 7 heteroatoms. The average molecular weight is 324 g/mol. The van der Waals surface area contributed by atoms with Crippen molar-refractivity contribution in [1.82, 2.24) is 24.8 Å². The third-order valence-corrected chi connectivity index (χ3v) is 3.80. The summed E-state index contributed by atoms with van der Waals surface area (Å²) >= 11 is 0. The number of carbonyl (C=O) groups excluding carboxylic acids is 1. The van der Waals surface area contributed by atoms with E-state index in [2.05, 4.69) is 26.8 Å². The lowest BCUT2D eigenvalue weighted by atomic mass is 10.1. The second-order valence-electron chi connectivity index (χ2n) is 6.03. The van der Waals surface area contributed by atoms with Gasteiger partial charge in [0.05, 0.1) is 17.1 Å². The van der Waals surface area contributed by atoms with Crippen LogP contribution < -0.4 is 5.32 Å². The summed E-state index contributed by atoms with van der Waals surface area (Å²) in [5.41, 5.74) is 4.99. The summed E-state index contributed by atoms with van der Waals surface area (Å²) in [7, 11) is 1.78. The van der Waals surface area contributed by atoms with Gasteiger partial charge in [-0.25, -0.2) is 4.68 Å². The Bertz CT molecular complexity index is 901. The van der Waals surface area contributed by atoms with Gasteiger partial charge in [0, 0.05) is 13.1 Å². The normalized spacial score (nSPS) is 10.9. The lowest BCUT2D eigenvalue weighted by Gasteiger charge is -2.07. The summed E-state index contributed by atoms with van der Waals surface area (Å²) in [5, 5.41) is 15.2. The number of nitrogens with zero attached hydrogens (tertiary/aromatic N) is 5. The van der Waals surface area contributed by atoms with Crippen LogP contribution in [0.4, 0.5) is 5.82 Å². The molecular weight excluding hydrogens is 304 g/mol. The lowest BCUT2D eigenvalue weighted by Crippen LogP contribution is -2.16. The molecule has 3 aromatic rings. The van der Waals surface area contributed by atoms with E-state index in [1.54, 1.807) is 16.4 Å². The first-order valence-corrected chi connectivity index (χ1v) is 7.68. The van der Waals surface area contributed by atoms with Crippen molar-refractivity contribution in [2.24, 2.45) is 7.05 Å². The highest BCUT2D eigenvalue weighted by Gasteiger charge is 2.19. The molecule has 1 amide bonds. The maximum atomic E-state index is 12.5. The van der Waals surface area contributed by atoms with Gasteiger partial charge in [0.1, 0.15) is 5.82 Å². The molecule has 0 bridgehead atoms. The van der Waals surface area contributed by atoms with Crippen molar-refractivity contribution in [1.29, 1.82) is 0 Å². The number of amides is 1. The molecule has 0 spiro atoms. The number of aryl methyl sites for hydroxylation is 4. The van der Waals surface area contributed by atoms with Crippen molar-refractivity contribution < 1.29 is 4.79 Å². The molecule has 0 saturated carbocycles. The molecule has 1 aromatic carbocycles. The number of aromatic nitrogens is 5. The Kier molecular flexibility index (Phi) is 3.92. The maximum Gasteiger partial charge on any atom is 0.279 e. The van der Waals surface area contributed by atoms with Gasteiger partial charge in [0.2, 0.25) is 0 Å². The summed E-state index contributed by atoms with van der Waals surface area (Å²) < 4.78 is 3.31. The van der Waals surface area contributed by atoms with Gasteiger partial charge in [0.25, 0.3) is 5.91 Å². The molecule has 24 heavy (non-hydrogen) atoms. The predicted octanol–water partition coefficient (Wildman–Crippen LogP) is 2.49. The molecule has 1 N–H and O–H groups in total. The topological polar surface area (TPSA) is 77.6 Å². The number of carbonyl (C=O) groups is 1. The SMILES string of the molecule is Cc1cc(C)cc(-n2nnc(C(=O)Nc3cc(C)nn3C)c2C)c1. The molecular formula is C17H20N6O. The van der Waals surface area contributed by atoms with E-state index in [9.17, 15) is 4.79 Å². The van der Waals surface area contributed by atoms with Crippen LogP contribution in [0.5, 0.6) is 0 Å². The van der Waals surface area contributed by atoms with Crippen LogP contribution in [0.3, 0.4) is 0 Å². The second kappa shape index (κ2) is 5.92. The fourth-order valence-corrected chi connectivity index (χ4v) is 2.76. The number of benzene rings is 1. The number of anilines is 1. The zero-order valence-corrected chi connectivity index (χ0v) is 14.5. The van der Waals surface area contributed by atoms with E-state index < -0.39 is 0 Å². The van der Waals surface area contributed by atoms with Gasteiger partial charge >= 0.3 is 0 Å². The van der Waals surface area contributed by atoms with Gasteiger partial charge < -0.3 is 5.32 Å². The van der Waals surface area contributed by atoms with Crippen molar-refractivity contribution in [3.8, 4) is 5.69 Å². The quantitative estimate of drug-likeness (QED) is 0.803. The molecule has 0 radical (unpaired) electrons. The first kappa shape index (κ1) is 15.9. The van der Waals surface area contributed by atoms with E-state index in [1.165, 1.54) is 0 Å². The van der Waals surface area contributed by atoms with Crippen molar-refractivity contribution in [2.45, 2.75) is 27.7 Å². The summed E-state index contributed by atoms with van der Waals surface area (Å²) in [6, 6.07) is 7.93. The monoisotopic (exact) mass is 324 g/mol. The van der Waals surface area contributed by atoms with E-state index in [4.69, 9.17) is 0 Å². The van der Waals surface area contributed by atoms with Gasteiger partial charge in [-0.2, -0.15) is 5.10 Å². The zero-order valence-electron chi connectivity index (χ0n) is 14.5. The van der Waals surface area contributed by atoms with Crippen LogP contribution in [0.2, 0.25) is 0 Å². The van der Waals surface area contributed by atoms with Crippen LogP contribution >= 0.6 is 0 Å². The minimum Gasteiger partial charge on any atom is -0.305 e. The smallest absolute Gasteiger partial charge is 0.279 e. The molecule has 3 rings (SSSR count). The standard InChI is InChI=1S/C17H20N6O/c1-10-6-11(2)8-14(7-10)23-13(4)16(19-21-23)17(24)18-15-9-12(3)20-22(15)5/h6-9H,1-5H3,(H,18,24). The third kappa shape index (κ3) is 2.92. The van der Waals surface area contributed by atoms with Crippen molar-refractivity contribution >= 4 is 11.7 Å². The zero-order chi connectivity index (χ0) is 17.4. The molecule has 0 unspecified atom stereocenters. The van der Waals surface area contributed by atoms with Gasteiger partial charge in [-0.05, 0) is 51.0 Å². The van der Waals surface area contributed by atoms with E-state index in [0.29, 0.717) is 17.2 Å². The maximum absolute atomic E-state index is 12.5. The minimum absolute atomic E-state index is 0.299. The minimum atomic E-state index is -0.300. The van der Waals surface area contributed by atoms with E-state index in [0.717, 1.165) is 22.5 Å². The molecule has 0 atom stereocenters. The molecule has 0 aliphatic rings. The molecule has 2 heterocycles. The van der Waals surface area contributed by atoms with Crippen LogP contribution in [0.15, 0.2) is 24.3 Å².